The number of hydrogen-bond donors (Lipinski definition) is 0. The van der Waals surface area contributed by atoms with Crippen LogP contribution in [0.25, 0.3) is 0 Å². The van der Waals surface area contributed by atoms with Gasteiger partial charge in [0.05, 0.1) is 20.9 Å². The topological polar surface area (TPSA) is 24.9 Å². The van der Waals surface area contributed by atoms with Gasteiger partial charge in [0.2, 0.25) is 0 Å². The molecule has 2 aromatic carbocycles. The summed E-state index contributed by atoms with van der Waals surface area (Å²) in [5.74, 6) is 1.79. The average molecular weight is 310 g/mol. The molecule has 0 unspecified atom stereocenters. The molecule has 23 heavy (non-hydrogen) atoms. The van der Waals surface area contributed by atoms with Crippen molar-refractivity contribution in [1.82, 2.24) is 9.80 Å². The van der Waals surface area contributed by atoms with Crippen LogP contribution in [0.2, 0.25) is 0 Å². The van der Waals surface area contributed by atoms with Gasteiger partial charge in [-0.05, 0) is 35.4 Å². The summed E-state index contributed by atoms with van der Waals surface area (Å²) in [6.07, 6.45) is 4.29. The molecule has 1 aliphatic rings. The van der Waals surface area contributed by atoms with Gasteiger partial charge in [0.25, 0.3) is 0 Å². The van der Waals surface area contributed by atoms with Crippen molar-refractivity contribution >= 4 is 0 Å². The maximum absolute atomic E-state index is 5.19. The van der Waals surface area contributed by atoms with Crippen molar-refractivity contribution in [2.24, 2.45) is 0 Å². The Balaban J connectivity index is 1.52. The molecule has 1 heterocycles. The minimum atomic E-state index is 0.895. The van der Waals surface area contributed by atoms with E-state index >= 15 is 0 Å². The summed E-state index contributed by atoms with van der Waals surface area (Å²) < 4.78 is 10.4. The lowest BCUT2D eigenvalue weighted by Gasteiger charge is -2.21. The molecule has 0 saturated carbocycles. The Morgan fingerprint density at radius 1 is 0.696 bits per heavy atom. The number of methoxy groups -OCH3 is 2. The first-order chi connectivity index (χ1) is 11.3. The summed E-state index contributed by atoms with van der Waals surface area (Å²) in [6, 6.07) is 16.5. The summed E-state index contributed by atoms with van der Waals surface area (Å²) in [6.45, 7) is 2.71. The molecular formula is C19H22N2O2. The Morgan fingerprint density at radius 3 is 1.43 bits per heavy atom. The number of benzene rings is 2. The number of rotatable bonds is 6. The van der Waals surface area contributed by atoms with Crippen LogP contribution in [0.3, 0.4) is 0 Å². The fourth-order valence-corrected chi connectivity index (χ4v) is 2.65. The molecule has 0 aliphatic carbocycles. The zero-order valence-electron chi connectivity index (χ0n) is 13.6. The molecule has 0 spiro atoms. The molecule has 1 aliphatic heterocycles. The third kappa shape index (κ3) is 3.97. The third-order valence-corrected chi connectivity index (χ3v) is 3.94. The van der Waals surface area contributed by atoms with E-state index in [0.717, 1.165) is 31.3 Å². The normalized spacial score (nSPS) is 13.5. The van der Waals surface area contributed by atoms with E-state index in [2.05, 4.69) is 46.5 Å². The van der Waals surface area contributed by atoms with Crippen LogP contribution < -0.4 is 9.47 Å². The molecule has 120 valence electrons. The van der Waals surface area contributed by atoms with Crippen LogP contribution in [-0.2, 0) is 13.1 Å². The highest BCUT2D eigenvalue weighted by Gasteiger charge is 2.13. The van der Waals surface area contributed by atoms with Gasteiger partial charge < -0.3 is 19.3 Å². The van der Waals surface area contributed by atoms with Gasteiger partial charge in [0, 0.05) is 25.5 Å². The Morgan fingerprint density at radius 2 is 1.09 bits per heavy atom. The maximum atomic E-state index is 5.19. The molecule has 0 N–H and O–H groups in total. The maximum Gasteiger partial charge on any atom is 0.118 e. The summed E-state index contributed by atoms with van der Waals surface area (Å²) in [4.78, 5) is 4.59. The van der Waals surface area contributed by atoms with Crippen LogP contribution in [0, 0.1) is 0 Å². The molecular weight excluding hydrogens is 288 g/mol. The predicted octanol–water partition coefficient (Wildman–Crippen LogP) is 3.45. The summed E-state index contributed by atoms with van der Waals surface area (Å²) in [5, 5.41) is 0. The highest BCUT2D eigenvalue weighted by molar-refractivity contribution is 5.28. The van der Waals surface area contributed by atoms with Crippen molar-refractivity contribution in [2.75, 3.05) is 20.9 Å². The first-order valence-electron chi connectivity index (χ1n) is 7.69. The smallest absolute Gasteiger partial charge is 0.118 e. The van der Waals surface area contributed by atoms with Crippen molar-refractivity contribution in [1.29, 1.82) is 0 Å². The average Bonchev–Trinajstić information content (AvgIpc) is 3.03. The van der Waals surface area contributed by atoms with Crippen LogP contribution in [0.15, 0.2) is 60.9 Å². The largest absolute Gasteiger partial charge is 0.497 e. The van der Waals surface area contributed by atoms with Gasteiger partial charge in [-0.1, -0.05) is 24.3 Å². The van der Waals surface area contributed by atoms with Gasteiger partial charge in [-0.2, -0.15) is 0 Å². The molecule has 0 bridgehead atoms. The van der Waals surface area contributed by atoms with E-state index in [4.69, 9.17) is 9.47 Å². The van der Waals surface area contributed by atoms with Crippen LogP contribution in [-0.4, -0.2) is 30.7 Å². The van der Waals surface area contributed by atoms with Gasteiger partial charge in [0.15, 0.2) is 0 Å². The second-order valence-corrected chi connectivity index (χ2v) is 5.63. The minimum absolute atomic E-state index is 0.895. The van der Waals surface area contributed by atoms with Gasteiger partial charge in [-0.3, -0.25) is 0 Å². The number of hydrogen-bond acceptors (Lipinski definition) is 4. The second kappa shape index (κ2) is 7.09. The molecule has 0 fully saturated rings. The van der Waals surface area contributed by atoms with Crippen LogP contribution in [0.5, 0.6) is 11.5 Å². The van der Waals surface area contributed by atoms with Crippen molar-refractivity contribution in [2.45, 2.75) is 13.1 Å². The van der Waals surface area contributed by atoms with Crippen molar-refractivity contribution in [3.63, 3.8) is 0 Å². The van der Waals surface area contributed by atoms with Gasteiger partial charge in [0.1, 0.15) is 11.5 Å². The quantitative estimate of drug-likeness (QED) is 0.816. The van der Waals surface area contributed by atoms with E-state index in [9.17, 15) is 0 Å². The summed E-state index contributed by atoms with van der Waals surface area (Å²) in [7, 11) is 3.38. The second-order valence-electron chi connectivity index (χ2n) is 5.63. The van der Waals surface area contributed by atoms with E-state index in [0.29, 0.717) is 0 Å². The zero-order valence-corrected chi connectivity index (χ0v) is 13.6. The zero-order chi connectivity index (χ0) is 16.1. The standard InChI is InChI=1S/C19H22N2O2/c1-22-18-7-3-16(4-8-18)13-20-11-12-21(15-20)14-17-5-9-19(23-2)10-6-17/h3-12H,13-15H2,1-2H3. The number of nitrogens with zero attached hydrogens (tertiary/aromatic N) is 2. The molecule has 2 aromatic rings. The Bertz CT molecular complexity index is 593. The molecule has 4 heteroatoms. The molecule has 0 aromatic heterocycles. The summed E-state index contributed by atoms with van der Waals surface area (Å²) in [5.41, 5.74) is 2.56. The number of ether oxygens (including phenoxy) is 2. The van der Waals surface area contributed by atoms with Crippen LogP contribution in [0.1, 0.15) is 11.1 Å². The van der Waals surface area contributed by atoms with E-state index in [1.165, 1.54) is 11.1 Å². The fourth-order valence-electron chi connectivity index (χ4n) is 2.65. The minimum Gasteiger partial charge on any atom is -0.497 e. The molecule has 3 rings (SSSR count). The lowest BCUT2D eigenvalue weighted by molar-refractivity contribution is 0.254. The lowest BCUT2D eigenvalue weighted by atomic mass is 10.2. The Kier molecular flexibility index (Phi) is 4.71. The van der Waals surface area contributed by atoms with Crippen LogP contribution >= 0.6 is 0 Å². The fraction of sp³-hybridized carbons (Fsp3) is 0.263. The van der Waals surface area contributed by atoms with Crippen LogP contribution in [0.4, 0.5) is 0 Å². The summed E-state index contributed by atoms with van der Waals surface area (Å²) >= 11 is 0. The van der Waals surface area contributed by atoms with Crippen molar-refractivity contribution in [3.05, 3.63) is 72.1 Å². The highest BCUT2D eigenvalue weighted by atomic mass is 16.5. The monoisotopic (exact) mass is 310 g/mol. The SMILES string of the molecule is COc1ccc(CN2C=CN(Cc3ccc(OC)cc3)C2)cc1. The van der Waals surface area contributed by atoms with E-state index in [1.807, 2.05) is 24.3 Å². The van der Waals surface area contributed by atoms with Gasteiger partial charge in [-0.15, -0.1) is 0 Å². The van der Waals surface area contributed by atoms with Gasteiger partial charge >= 0.3 is 0 Å². The lowest BCUT2D eigenvalue weighted by Crippen LogP contribution is -2.24. The Labute approximate surface area is 137 Å². The van der Waals surface area contributed by atoms with Crippen molar-refractivity contribution < 1.29 is 9.47 Å². The molecule has 0 amide bonds. The van der Waals surface area contributed by atoms with E-state index in [-0.39, 0.29) is 0 Å². The molecule has 0 atom stereocenters. The molecule has 4 nitrogen and oxygen atoms in total. The first-order valence-corrected chi connectivity index (χ1v) is 7.69. The van der Waals surface area contributed by atoms with Gasteiger partial charge in [-0.25, -0.2) is 0 Å². The first kappa shape index (κ1) is 15.3. The Hall–Kier alpha value is -2.62. The highest BCUT2D eigenvalue weighted by Crippen LogP contribution is 2.18. The van der Waals surface area contributed by atoms with Crippen molar-refractivity contribution in [3.8, 4) is 11.5 Å². The third-order valence-electron chi connectivity index (χ3n) is 3.94. The van der Waals surface area contributed by atoms with E-state index < -0.39 is 0 Å². The van der Waals surface area contributed by atoms with E-state index in [1.54, 1.807) is 14.2 Å². The molecule has 0 saturated heterocycles. The predicted molar refractivity (Wildman–Crippen MR) is 91.1 cm³/mol. The molecule has 0 radical (unpaired) electrons.